The van der Waals surface area contributed by atoms with E-state index in [4.69, 9.17) is 0 Å². The van der Waals surface area contributed by atoms with Gasteiger partial charge >= 0.3 is 0 Å². The third-order valence-electron chi connectivity index (χ3n) is 3.47. The molecule has 74 valence electrons. The molecule has 1 aliphatic carbocycles. The second-order valence-corrected chi connectivity index (χ2v) is 5.26. The summed E-state index contributed by atoms with van der Waals surface area (Å²) in [7, 11) is 0. The van der Waals surface area contributed by atoms with Gasteiger partial charge in [-0.3, -0.25) is 0 Å². The Morgan fingerprint density at radius 3 is 2.57 bits per heavy atom. The zero-order valence-electron chi connectivity index (χ0n) is 8.04. The quantitative estimate of drug-likeness (QED) is 0.852. The standard InChI is InChI=1S/C12H14BrN/c13-11-4-2-1-3-9(11)12-10(7-14-12)8-5-6-8/h1-4,8,10,12,14H,5-7H2. The maximum absolute atomic E-state index is 3.63. The lowest BCUT2D eigenvalue weighted by Crippen LogP contribution is -2.46. The van der Waals surface area contributed by atoms with Gasteiger partial charge in [-0.1, -0.05) is 34.1 Å². The van der Waals surface area contributed by atoms with E-state index in [-0.39, 0.29) is 0 Å². The second kappa shape index (κ2) is 3.35. The highest BCUT2D eigenvalue weighted by Gasteiger charge is 2.42. The molecule has 2 fully saturated rings. The highest BCUT2D eigenvalue weighted by Crippen LogP contribution is 2.47. The van der Waals surface area contributed by atoms with Crippen molar-refractivity contribution < 1.29 is 0 Å². The molecule has 14 heavy (non-hydrogen) atoms. The summed E-state index contributed by atoms with van der Waals surface area (Å²) < 4.78 is 1.25. The van der Waals surface area contributed by atoms with E-state index >= 15 is 0 Å². The maximum atomic E-state index is 3.63. The molecule has 1 nitrogen and oxygen atoms in total. The summed E-state index contributed by atoms with van der Waals surface area (Å²) in [5.41, 5.74) is 1.44. The largest absolute Gasteiger partial charge is 0.309 e. The number of rotatable bonds is 2. The van der Waals surface area contributed by atoms with E-state index < -0.39 is 0 Å². The minimum Gasteiger partial charge on any atom is -0.309 e. The molecule has 0 bridgehead atoms. The Hall–Kier alpha value is -0.340. The van der Waals surface area contributed by atoms with Crippen LogP contribution in [0.3, 0.4) is 0 Å². The maximum Gasteiger partial charge on any atom is 0.0374 e. The topological polar surface area (TPSA) is 12.0 Å². The fraction of sp³-hybridized carbons (Fsp3) is 0.500. The molecule has 0 aromatic heterocycles. The monoisotopic (exact) mass is 251 g/mol. The van der Waals surface area contributed by atoms with Crippen LogP contribution in [0.25, 0.3) is 0 Å². The van der Waals surface area contributed by atoms with Gasteiger partial charge < -0.3 is 5.32 Å². The van der Waals surface area contributed by atoms with E-state index in [9.17, 15) is 0 Å². The smallest absolute Gasteiger partial charge is 0.0374 e. The minimum atomic E-state index is 0.609. The number of nitrogens with one attached hydrogen (secondary N) is 1. The Bertz CT molecular complexity index is 346. The first-order valence-electron chi connectivity index (χ1n) is 5.34. The predicted molar refractivity (Wildman–Crippen MR) is 61.1 cm³/mol. The molecule has 1 saturated heterocycles. The van der Waals surface area contributed by atoms with Gasteiger partial charge in [0.05, 0.1) is 0 Å². The van der Waals surface area contributed by atoms with Crippen molar-refractivity contribution in [1.82, 2.24) is 5.32 Å². The van der Waals surface area contributed by atoms with Crippen LogP contribution in [0.15, 0.2) is 28.7 Å². The van der Waals surface area contributed by atoms with Gasteiger partial charge in [-0.25, -0.2) is 0 Å². The molecule has 2 aliphatic rings. The fourth-order valence-corrected chi connectivity index (χ4v) is 2.93. The molecule has 1 N–H and O–H groups in total. The number of benzene rings is 1. The predicted octanol–water partition coefficient (Wildman–Crippen LogP) is 3.12. The SMILES string of the molecule is Brc1ccccc1C1NCC1C1CC1. The number of hydrogen-bond acceptors (Lipinski definition) is 1. The van der Waals surface area contributed by atoms with Crippen LogP contribution in [0, 0.1) is 11.8 Å². The third kappa shape index (κ3) is 1.41. The van der Waals surface area contributed by atoms with Gasteiger partial charge in [0.15, 0.2) is 0 Å². The van der Waals surface area contributed by atoms with Crippen LogP contribution in [0.2, 0.25) is 0 Å². The highest BCUT2D eigenvalue weighted by molar-refractivity contribution is 9.10. The molecule has 3 rings (SSSR count). The van der Waals surface area contributed by atoms with Gasteiger partial charge in [0.2, 0.25) is 0 Å². The highest BCUT2D eigenvalue weighted by atomic mass is 79.9. The average molecular weight is 252 g/mol. The molecular formula is C12H14BrN. The average Bonchev–Trinajstić information content (AvgIpc) is 2.91. The molecule has 0 radical (unpaired) electrons. The Morgan fingerprint density at radius 2 is 2.00 bits per heavy atom. The van der Waals surface area contributed by atoms with Crippen molar-refractivity contribution in [2.45, 2.75) is 18.9 Å². The van der Waals surface area contributed by atoms with Crippen LogP contribution in [0.1, 0.15) is 24.4 Å². The van der Waals surface area contributed by atoms with Crippen molar-refractivity contribution in [2.75, 3.05) is 6.54 Å². The van der Waals surface area contributed by atoms with Crippen LogP contribution in [0.5, 0.6) is 0 Å². The molecule has 1 heterocycles. The van der Waals surface area contributed by atoms with Gasteiger partial charge in [0.1, 0.15) is 0 Å². The van der Waals surface area contributed by atoms with Gasteiger partial charge in [-0.15, -0.1) is 0 Å². The van der Waals surface area contributed by atoms with E-state index in [0.717, 1.165) is 11.8 Å². The molecule has 0 amide bonds. The third-order valence-corrected chi connectivity index (χ3v) is 4.19. The summed E-state index contributed by atoms with van der Waals surface area (Å²) >= 11 is 3.63. The zero-order chi connectivity index (χ0) is 9.54. The van der Waals surface area contributed by atoms with Crippen LogP contribution in [-0.2, 0) is 0 Å². The first-order valence-corrected chi connectivity index (χ1v) is 6.13. The molecule has 2 unspecified atom stereocenters. The first kappa shape index (κ1) is 8.93. The molecule has 1 aromatic carbocycles. The second-order valence-electron chi connectivity index (χ2n) is 4.41. The van der Waals surface area contributed by atoms with Gasteiger partial charge in [0, 0.05) is 17.1 Å². The van der Waals surface area contributed by atoms with Crippen LogP contribution >= 0.6 is 15.9 Å². The van der Waals surface area contributed by atoms with Crippen molar-refractivity contribution in [1.29, 1.82) is 0 Å². The van der Waals surface area contributed by atoms with Crippen molar-refractivity contribution in [3.05, 3.63) is 34.3 Å². The van der Waals surface area contributed by atoms with Crippen molar-refractivity contribution in [3.8, 4) is 0 Å². The molecule has 1 aliphatic heterocycles. The molecule has 0 spiro atoms. The summed E-state index contributed by atoms with van der Waals surface area (Å²) in [6.07, 6.45) is 2.90. The Morgan fingerprint density at radius 1 is 1.21 bits per heavy atom. The van der Waals surface area contributed by atoms with Crippen molar-refractivity contribution in [3.63, 3.8) is 0 Å². The summed E-state index contributed by atoms with van der Waals surface area (Å²) in [5.74, 6) is 1.90. The van der Waals surface area contributed by atoms with Crippen molar-refractivity contribution in [2.24, 2.45) is 11.8 Å². The lowest BCUT2D eigenvalue weighted by Gasteiger charge is -2.39. The van der Waals surface area contributed by atoms with Crippen LogP contribution in [-0.4, -0.2) is 6.54 Å². The van der Waals surface area contributed by atoms with Gasteiger partial charge in [-0.2, -0.15) is 0 Å². The van der Waals surface area contributed by atoms with Gasteiger partial charge in [-0.05, 0) is 36.3 Å². The van der Waals surface area contributed by atoms with Crippen molar-refractivity contribution >= 4 is 15.9 Å². The Labute approximate surface area is 93.0 Å². The molecule has 1 aromatic rings. The van der Waals surface area contributed by atoms with Crippen LogP contribution < -0.4 is 5.32 Å². The lowest BCUT2D eigenvalue weighted by molar-refractivity contribution is 0.205. The molecule has 2 atom stereocenters. The summed E-state index contributed by atoms with van der Waals surface area (Å²) in [4.78, 5) is 0. The fourth-order valence-electron chi connectivity index (χ4n) is 2.40. The molecule has 2 heteroatoms. The van der Waals surface area contributed by atoms with Crippen LogP contribution in [0.4, 0.5) is 0 Å². The van der Waals surface area contributed by atoms with E-state index in [1.54, 1.807) is 0 Å². The lowest BCUT2D eigenvalue weighted by atomic mass is 9.82. The van der Waals surface area contributed by atoms with E-state index in [2.05, 4.69) is 45.5 Å². The zero-order valence-corrected chi connectivity index (χ0v) is 9.63. The van der Waals surface area contributed by atoms with E-state index in [1.165, 1.54) is 29.4 Å². The Kier molecular flexibility index (Phi) is 2.14. The van der Waals surface area contributed by atoms with Gasteiger partial charge in [0.25, 0.3) is 0 Å². The summed E-state index contributed by atoms with van der Waals surface area (Å²) in [6.45, 7) is 1.22. The summed E-state index contributed by atoms with van der Waals surface area (Å²) in [5, 5.41) is 3.54. The molecule has 1 saturated carbocycles. The first-order chi connectivity index (χ1) is 6.86. The Balaban J connectivity index is 1.84. The number of halogens is 1. The summed E-state index contributed by atoms with van der Waals surface area (Å²) in [6, 6.07) is 9.19. The van der Waals surface area contributed by atoms with E-state index in [1.807, 2.05) is 0 Å². The normalized spacial score (nSPS) is 31.2. The molecular weight excluding hydrogens is 238 g/mol. The minimum absolute atomic E-state index is 0.609. The van der Waals surface area contributed by atoms with E-state index in [0.29, 0.717) is 6.04 Å². The number of hydrogen-bond donors (Lipinski definition) is 1.